The van der Waals surface area contributed by atoms with Gasteiger partial charge in [-0.25, -0.2) is 0 Å². The molecule has 0 saturated carbocycles. The third-order valence-corrected chi connectivity index (χ3v) is 3.24. The van der Waals surface area contributed by atoms with E-state index in [0.29, 0.717) is 18.4 Å². The van der Waals surface area contributed by atoms with Crippen molar-refractivity contribution in [3.8, 4) is 0 Å². The number of benzene rings is 1. The van der Waals surface area contributed by atoms with E-state index in [1.54, 1.807) is 0 Å². The highest BCUT2D eigenvalue weighted by atomic mass is 16.3. The van der Waals surface area contributed by atoms with Crippen LogP contribution in [0.2, 0.25) is 0 Å². The molecule has 0 aromatic heterocycles. The molecule has 0 aliphatic heterocycles. The van der Waals surface area contributed by atoms with E-state index in [4.69, 9.17) is 5.11 Å². The van der Waals surface area contributed by atoms with Gasteiger partial charge < -0.3 is 10.4 Å². The van der Waals surface area contributed by atoms with E-state index in [9.17, 15) is 0 Å². The molecule has 0 bridgehead atoms. The molecule has 1 aromatic rings. The van der Waals surface area contributed by atoms with Gasteiger partial charge >= 0.3 is 0 Å². The zero-order valence-electron chi connectivity index (χ0n) is 11.0. The molecule has 0 aliphatic rings. The predicted octanol–water partition coefficient (Wildman–Crippen LogP) is 2.79. The number of rotatable bonds is 8. The van der Waals surface area contributed by atoms with Gasteiger partial charge in [0.05, 0.1) is 0 Å². The van der Waals surface area contributed by atoms with Gasteiger partial charge in [-0.2, -0.15) is 0 Å². The molecule has 0 spiro atoms. The van der Waals surface area contributed by atoms with Crippen molar-refractivity contribution in [3.63, 3.8) is 0 Å². The van der Waals surface area contributed by atoms with Gasteiger partial charge in [0.15, 0.2) is 0 Å². The Balaban J connectivity index is 2.14. The van der Waals surface area contributed by atoms with Crippen LogP contribution in [-0.2, 0) is 0 Å². The van der Waals surface area contributed by atoms with Crippen LogP contribution < -0.4 is 5.32 Å². The smallest absolute Gasteiger partial charge is 0.0434 e. The summed E-state index contributed by atoms with van der Waals surface area (Å²) in [6.07, 6.45) is 2.05. The summed E-state index contributed by atoms with van der Waals surface area (Å²) in [6.45, 7) is 6.79. The van der Waals surface area contributed by atoms with Crippen LogP contribution in [0.25, 0.3) is 0 Å². The summed E-state index contributed by atoms with van der Waals surface area (Å²) in [4.78, 5) is 0. The van der Waals surface area contributed by atoms with Gasteiger partial charge in [-0.05, 0) is 43.3 Å². The van der Waals surface area contributed by atoms with Crippen LogP contribution in [0, 0.1) is 5.92 Å². The molecule has 0 heterocycles. The van der Waals surface area contributed by atoms with E-state index in [0.717, 1.165) is 25.9 Å². The SMILES string of the molecule is CC(CCO)CNCCC(C)c1ccccc1. The summed E-state index contributed by atoms with van der Waals surface area (Å²) in [5, 5.41) is 12.3. The Bertz CT molecular complexity index is 286. The topological polar surface area (TPSA) is 32.3 Å². The Labute approximate surface area is 105 Å². The Morgan fingerprint density at radius 2 is 1.82 bits per heavy atom. The first-order chi connectivity index (χ1) is 8.24. The van der Waals surface area contributed by atoms with E-state index < -0.39 is 0 Å². The van der Waals surface area contributed by atoms with Gasteiger partial charge in [-0.3, -0.25) is 0 Å². The lowest BCUT2D eigenvalue weighted by Gasteiger charge is -2.14. The van der Waals surface area contributed by atoms with Crippen molar-refractivity contribution >= 4 is 0 Å². The molecule has 0 saturated heterocycles. The highest BCUT2D eigenvalue weighted by Crippen LogP contribution is 2.17. The first-order valence-corrected chi connectivity index (χ1v) is 6.60. The normalized spacial score (nSPS) is 14.5. The third kappa shape index (κ3) is 5.85. The first-order valence-electron chi connectivity index (χ1n) is 6.60. The Morgan fingerprint density at radius 3 is 2.47 bits per heavy atom. The molecule has 1 aromatic carbocycles. The van der Waals surface area contributed by atoms with E-state index in [-0.39, 0.29) is 0 Å². The fourth-order valence-corrected chi connectivity index (χ4v) is 1.94. The second kappa shape index (κ2) is 8.26. The van der Waals surface area contributed by atoms with Crippen LogP contribution in [0.1, 0.15) is 38.2 Å². The third-order valence-electron chi connectivity index (χ3n) is 3.24. The van der Waals surface area contributed by atoms with Crippen molar-refractivity contribution < 1.29 is 5.11 Å². The summed E-state index contributed by atoms with van der Waals surface area (Å²) >= 11 is 0. The lowest BCUT2D eigenvalue weighted by Crippen LogP contribution is -2.23. The molecular formula is C15H25NO. The number of nitrogens with one attached hydrogen (secondary N) is 1. The lowest BCUT2D eigenvalue weighted by atomic mass is 9.98. The van der Waals surface area contributed by atoms with Gasteiger partial charge in [0.2, 0.25) is 0 Å². The van der Waals surface area contributed by atoms with Crippen molar-refractivity contribution in [3.05, 3.63) is 35.9 Å². The van der Waals surface area contributed by atoms with Crippen molar-refractivity contribution in [2.45, 2.75) is 32.6 Å². The Kier molecular flexibility index (Phi) is 6.90. The molecule has 96 valence electrons. The second-order valence-corrected chi connectivity index (χ2v) is 4.92. The Hall–Kier alpha value is -0.860. The fraction of sp³-hybridized carbons (Fsp3) is 0.600. The van der Waals surface area contributed by atoms with Crippen molar-refractivity contribution in [1.29, 1.82) is 0 Å². The van der Waals surface area contributed by atoms with Crippen LogP contribution in [-0.4, -0.2) is 24.8 Å². The van der Waals surface area contributed by atoms with Gasteiger partial charge in [-0.1, -0.05) is 44.2 Å². The maximum Gasteiger partial charge on any atom is 0.0434 e. The summed E-state index contributed by atoms with van der Waals surface area (Å²) in [5.74, 6) is 1.17. The van der Waals surface area contributed by atoms with Crippen molar-refractivity contribution in [1.82, 2.24) is 5.32 Å². The maximum atomic E-state index is 8.80. The van der Waals surface area contributed by atoms with Gasteiger partial charge in [-0.15, -0.1) is 0 Å². The molecule has 2 atom stereocenters. The largest absolute Gasteiger partial charge is 0.396 e. The summed E-state index contributed by atoms with van der Waals surface area (Å²) in [6, 6.07) is 10.6. The standard InChI is InChI=1S/C15H25NO/c1-13(9-11-17)12-16-10-8-14(2)15-6-4-3-5-7-15/h3-7,13-14,16-17H,8-12H2,1-2H3. The molecule has 0 radical (unpaired) electrons. The summed E-state index contributed by atoms with van der Waals surface area (Å²) < 4.78 is 0. The van der Waals surface area contributed by atoms with Gasteiger partial charge in [0.1, 0.15) is 0 Å². The fourth-order valence-electron chi connectivity index (χ4n) is 1.94. The molecule has 0 aliphatic carbocycles. The average Bonchev–Trinajstić information content (AvgIpc) is 2.36. The van der Waals surface area contributed by atoms with Crippen LogP contribution in [0.5, 0.6) is 0 Å². The number of aliphatic hydroxyl groups is 1. The first kappa shape index (κ1) is 14.2. The number of hydrogen-bond acceptors (Lipinski definition) is 2. The lowest BCUT2D eigenvalue weighted by molar-refractivity contribution is 0.260. The highest BCUT2D eigenvalue weighted by Gasteiger charge is 2.05. The Morgan fingerprint density at radius 1 is 1.12 bits per heavy atom. The molecule has 2 heteroatoms. The van der Waals surface area contributed by atoms with Crippen LogP contribution in [0.3, 0.4) is 0 Å². The molecule has 0 fully saturated rings. The molecular weight excluding hydrogens is 210 g/mol. The van der Waals surface area contributed by atoms with Gasteiger partial charge in [0, 0.05) is 6.61 Å². The zero-order chi connectivity index (χ0) is 12.5. The minimum atomic E-state index is 0.295. The molecule has 2 nitrogen and oxygen atoms in total. The van der Waals surface area contributed by atoms with E-state index in [2.05, 4.69) is 49.5 Å². The zero-order valence-corrected chi connectivity index (χ0v) is 11.0. The van der Waals surface area contributed by atoms with Crippen molar-refractivity contribution in [2.75, 3.05) is 19.7 Å². The van der Waals surface area contributed by atoms with E-state index in [1.807, 2.05) is 0 Å². The van der Waals surface area contributed by atoms with E-state index in [1.165, 1.54) is 5.56 Å². The van der Waals surface area contributed by atoms with Crippen LogP contribution in [0.15, 0.2) is 30.3 Å². The molecule has 17 heavy (non-hydrogen) atoms. The van der Waals surface area contributed by atoms with Gasteiger partial charge in [0.25, 0.3) is 0 Å². The molecule has 1 rings (SSSR count). The molecule has 2 N–H and O–H groups in total. The van der Waals surface area contributed by atoms with E-state index >= 15 is 0 Å². The van der Waals surface area contributed by atoms with Crippen LogP contribution >= 0.6 is 0 Å². The van der Waals surface area contributed by atoms with Crippen LogP contribution in [0.4, 0.5) is 0 Å². The highest BCUT2D eigenvalue weighted by molar-refractivity contribution is 5.18. The second-order valence-electron chi connectivity index (χ2n) is 4.92. The summed E-state index contributed by atoms with van der Waals surface area (Å²) in [5.41, 5.74) is 1.41. The molecule has 0 amide bonds. The molecule has 2 unspecified atom stereocenters. The minimum absolute atomic E-state index is 0.295. The number of hydrogen-bond donors (Lipinski definition) is 2. The van der Waals surface area contributed by atoms with Crippen molar-refractivity contribution in [2.24, 2.45) is 5.92 Å². The quantitative estimate of drug-likeness (QED) is 0.679. The maximum absolute atomic E-state index is 8.80. The predicted molar refractivity (Wildman–Crippen MR) is 73.2 cm³/mol. The monoisotopic (exact) mass is 235 g/mol. The average molecular weight is 235 g/mol. The summed E-state index contributed by atoms with van der Waals surface area (Å²) in [7, 11) is 0. The number of aliphatic hydroxyl groups excluding tert-OH is 1. The minimum Gasteiger partial charge on any atom is -0.396 e.